The highest BCUT2D eigenvalue weighted by Crippen LogP contribution is 2.28. The van der Waals surface area contributed by atoms with E-state index in [1.54, 1.807) is 0 Å². The van der Waals surface area contributed by atoms with E-state index in [0.29, 0.717) is 0 Å². The van der Waals surface area contributed by atoms with Gasteiger partial charge in [0.05, 0.1) is 10.6 Å². The van der Waals surface area contributed by atoms with Crippen LogP contribution in [-0.2, 0) is 0 Å². The number of hydrogen-bond acceptors (Lipinski definition) is 7. The Labute approximate surface area is 127 Å². The van der Waals surface area contributed by atoms with Gasteiger partial charge in [-0.15, -0.1) is 0 Å². The zero-order valence-electron chi connectivity index (χ0n) is 13.2. The molecule has 0 fully saturated rings. The Balaban J connectivity index is 2.51. The van der Waals surface area contributed by atoms with Crippen LogP contribution in [0.4, 0.5) is 11.5 Å². The van der Waals surface area contributed by atoms with Gasteiger partial charge in [0.1, 0.15) is 6.33 Å². The minimum absolute atomic E-state index is 0.0949. The van der Waals surface area contributed by atoms with Crippen LogP contribution < -0.4 is 10.9 Å². The summed E-state index contributed by atoms with van der Waals surface area (Å²) >= 11 is 0. The molecule has 22 heavy (non-hydrogen) atoms. The summed E-state index contributed by atoms with van der Waals surface area (Å²) in [5.41, 5.74) is 6.75. The molecule has 118 valence electrons. The van der Waals surface area contributed by atoms with E-state index in [9.17, 15) is 10.1 Å². The van der Waals surface area contributed by atoms with Crippen molar-refractivity contribution in [1.29, 1.82) is 0 Å². The first kappa shape index (κ1) is 15.8. The summed E-state index contributed by atoms with van der Waals surface area (Å²) in [5, 5.41) is 15.7. The van der Waals surface area contributed by atoms with Gasteiger partial charge in [-0.25, -0.2) is 20.1 Å². The van der Waals surface area contributed by atoms with Gasteiger partial charge in [-0.2, -0.15) is 5.10 Å². The number of nitrogens with zero attached hydrogens (tertiary/aromatic N) is 5. The van der Waals surface area contributed by atoms with Crippen molar-refractivity contribution in [2.75, 3.05) is 5.43 Å². The summed E-state index contributed by atoms with van der Waals surface area (Å²) in [6.07, 6.45) is 1.27. The fourth-order valence-electron chi connectivity index (χ4n) is 1.87. The maximum atomic E-state index is 11.5. The normalized spacial score (nSPS) is 11.5. The zero-order chi connectivity index (χ0) is 16.5. The number of nitro groups is 1. The van der Waals surface area contributed by atoms with E-state index in [2.05, 4.69) is 25.9 Å². The zero-order valence-corrected chi connectivity index (χ0v) is 13.2. The van der Waals surface area contributed by atoms with Gasteiger partial charge in [0, 0.05) is 11.2 Å². The molecule has 2 aromatic rings. The first-order valence-corrected chi connectivity index (χ1v) is 6.75. The third-order valence-electron chi connectivity index (χ3n) is 2.75. The fraction of sp³-hybridized carbons (Fsp3) is 0.462. The van der Waals surface area contributed by atoms with E-state index in [0.717, 1.165) is 11.4 Å². The molecule has 0 saturated heterocycles. The summed E-state index contributed by atoms with van der Waals surface area (Å²) in [7, 11) is 0. The minimum atomic E-state index is -0.515. The highest BCUT2D eigenvalue weighted by Gasteiger charge is 2.26. The van der Waals surface area contributed by atoms with Crippen LogP contribution in [0.5, 0.6) is 0 Å². The third kappa shape index (κ3) is 3.37. The fourth-order valence-corrected chi connectivity index (χ4v) is 1.87. The predicted octanol–water partition coefficient (Wildman–Crippen LogP) is 1.90. The molecule has 0 aliphatic rings. The molecule has 9 nitrogen and oxygen atoms in total. The van der Waals surface area contributed by atoms with Crippen molar-refractivity contribution in [2.45, 2.75) is 40.2 Å². The van der Waals surface area contributed by atoms with E-state index in [1.807, 2.05) is 40.7 Å². The second-order valence-electron chi connectivity index (χ2n) is 5.99. The number of hydrogen-bond donors (Lipinski definition) is 2. The Morgan fingerprint density at radius 1 is 1.27 bits per heavy atom. The Kier molecular flexibility index (Phi) is 4.09. The molecule has 0 atom stereocenters. The van der Waals surface area contributed by atoms with Crippen molar-refractivity contribution < 1.29 is 4.92 Å². The number of hydrazine groups is 1. The maximum Gasteiger partial charge on any atom is 0.356 e. The Bertz CT molecular complexity index is 703. The lowest BCUT2D eigenvalue weighted by Gasteiger charge is -2.21. The quantitative estimate of drug-likeness (QED) is 0.655. The molecule has 0 aliphatic carbocycles. The molecule has 0 bridgehead atoms. The van der Waals surface area contributed by atoms with E-state index in [1.165, 1.54) is 11.0 Å². The topological polar surface area (TPSA) is 111 Å². The molecule has 0 saturated carbocycles. The molecular weight excluding hydrogens is 286 g/mol. The van der Waals surface area contributed by atoms with Gasteiger partial charge in [0.2, 0.25) is 11.6 Å². The molecule has 0 unspecified atom stereocenters. The molecule has 0 spiro atoms. The Hall–Kier alpha value is -2.55. The highest BCUT2D eigenvalue weighted by molar-refractivity contribution is 5.63. The largest absolute Gasteiger partial charge is 0.356 e. The molecule has 0 amide bonds. The number of anilines is 1. The highest BCUT2D eigenvalue weighted by atomic mass is 16.6. The first-order valence-electron chi connectivity index (χ1n) is 6.75. The van der Waals surface area contributed by atoms with Gasteiger partial charge in [-0.05, 0) is 40.7 Å². The van der Waals surface area contributed by atoms with Crippen LogP contribution in [0, 0.1) is 24.0 Å². The van der Waals surface area contributed by atoms with Crippen LogP contribution in [0.25, 0.3) is 5.82 Å². The van der Waals surface area contributed by atoms with Gasteiger partial charge in [0.25, 0.3) is 0 Å². The second kappa shape index (κ2) is 5.68. The summed E-state index contributed by atoms with van der Waals surface area (Å²) in [6.45, 7) is 9.40. The molecule has 0 aliphatic heterocycles. The van der Waals surface area contributed by atoms with Gasteiger partial charge in [0.15, 0.2) is 0 Å². The Morgan fingerprint density at radius 2 is 1.95 bits per heavy atom. The van der Waals surface area contributed by atoms with Crippen LogP contribution in [-0.4, -0.2) is 30.2 Å². The minimum Gasteiger partial charge on any atom is -0.299 e. The smallest absolute Gasteiger partial charge is 0.299 e. The summed E-state index contributed by atoms with van der Waals surface area (Å²) in [4.78, 5) is 18.9. The molecule has 2 heterocycles. The molecule has 2 aromatic heterocycles. The van der Waals surface area contributed by atoms with Crippen LogP contribution in [0.2, 0.25) is 0 Å². The van der Waals surface area contributed by atoms with Crippen LogP contribution in [0.15, 0.2) is 12.4 Å². The van der Waals surface area contributed by atoms with Crippen molar-refractivity contribution in [1.82, 2.24) is 25.2 Å². The third-order valence-corrected chi connectivity index (χ3v) is 2.75. The maximum absolute atomic E-state index is 11.5. The van der Waals surface area contributed by atoms with Crippen LogP contribution in [0.1, 0.15) is 32.2 Å². The average Bonchev–Trinajstić information content (AvgIpc) is 2.73. The lowest BCUT2D eigenvalue weighted by Crippen LogP contribution is -2.40. The van der Waals surface area contributed by atoms with Gasteiger partial charge >= 0.3 is 5.69 Å². The van der Waals surface area contributed by atoms with Crippen molar-refractivity contribution in [2.24, 2.45) is 0 Å². The molecule has 0 radical (unpaired) electrons. The number of aryl methyl sites for hydroxylation is 2. The molecule has 0 aromatic carbocycles. The number of nitrogens with one attached hydrogen (secondary N) is 2. The molecule has 9 heteroatoms. The SMILES string of the molecule is Cc1cc(C)n(-c2ncnc(NNC(C)(C)C)c2[N+](=O)[O-])n1. The standard InChI is InChI=1S/C13H19N7O2/c1-8-6-9(2)19(17-8)12-10(20(21)22)11(14-7-15-12)16-18-13(3,4)5/h6-7,18H,1-5H3,(H,14,15,16). The van der Waals surface area contributed by atoms with Gasteiger partial charge in [-0.1, -0.05) is 0 Å². The molecular formula is C13H19N7O2. The Morgan fingerprint density at radius 3 is 2.45 bits per heavy atom. The molecule has 2 N–H and O–H groups in total. The van der Waals surface area contributed by atoms with Crippen molar-refractivity contribution in [3.8, 4) is 5.82 Å². The summed E-state index contributed by atoms with van der Waals surface area (Å²) < 4.78 is 1.44. The second-order valence-corrected chi connectivity index (χ2v) is 5.99. The van der Waals surface area contributed by atoms with Crippen molar-refractivity contribution in [3.63, 3.8) is 0 Å². The van der Waals surface area contributed by atoms with Crippen LogP contribution >= 0.6 is 0 Å². The lowest BCUT2D eigenvalue weighted by molar-refractivity contribution is -0.384. The van der Waals surface area contributed by atoms with Crippen LogP contribution in [0.3, 0.4) is 0 Å². The predicted molar refractivity (Wildman–Crippen MR) is 81.8 cm³/mol. The number of rotatable bonds is 4. The summed E-state index contributed by atoms with van der Waals surface area (Å²) in [6, 6.07) is 1.83. The van der Waals surface area contributed by atoms with E-state index >= 15 is 0 Å². The van der Waals surface area contributed by atoms with Crippen molar-refractivity contribution >= 4 is 11.5 Å². The molecule has 2 rings (SSSR count). The first-order chi connectivity index (χ1) is 10.2. The van der Waals surface area contributed by atoms with E-state index < -0.39 is 4.92 Å². The average molecular weight is 305 g/mol. The van der Waals surface area contributed by atoms with E-state index in [-0.39, 0.29) is 22.9 Å². The summed E-state index contributed by atoms with van der Waals surface area (Å²) in [5.74, 6) is 0.223. The van der Waals surface area contributed by atoms with Gasteiger partial charge < -0.3 is 0 Å². The monoisotopic (exact) mass is 305 g/mol. The van der Waals surface area contributed by atoms with Gasteiger partial charge in [-0.3, -0.25) is 15.5 Å². The number of aromatic nitrogens is 4. The van der Waals surface area contributed by atoms with Crippen molar-refractivity contribution in [3.05, 3.63) is 33.9 Å². The lowest BCUT2D eigenvalue weighted by atomic mass is 10.1. The van der Waals surface area contributed by atoms with E-state index in [4.69, 9.17) is 0 Å².